The van der Waals surface area contributed by atoms with E-state index in [2.05, 4.69) is 4.98 Å². The van der Waals surface area contributed by atoms with Crippen molar-refractivity contribution in [3.8, 4) is 0 Å². The molecule has 1 amide bonds. The summed E-state index contributed by atoms with van der Waals surface area (Å²) in [6.45, 7) is 1.57. The van der Waals surface area contributed by atoms with E-state index in [-0.39, 0.29) is 18.3 Å². The maximum atomic E-state index is 12.9. The molecule has 4 nitrogen and oxygen atoms in total. The minimum atomic E-state index is -0.298. The predicted octanol–water partition coefficient (Wildman–Crippen LogP) is 2.07. The highest BCUT2D eigenvalue weighted by atomic mass is 19.1. The van der Waals surface area contributed by atoms with Crippen LogP contribution in [-0.2, 0) is 4.79 Å². The van der Waals surface area contributed by atoms with Crippen LogP contribution in [0.2, 0.25) is 0 Å². The third kappa shape index (κ3) is 2.47. The van der Waals surface area contributed by atoms with E-state index < -0.39 is 0 Å². The van der Waals surface area contributed by atoms with E-state index in [4.69, 9.17) is 0 Å². The smallest absolute Gasteiger partial charge is 0.246 e. The Hall–Kier alpha value is -2.43. The molecule has 0 radical (unpaired) electrons. The van der Waals surface area contributed by atoms with Gasteiger partial charge in [0.2, 0.25) is 5.91 Å². The molecule has 3 rings (SSSR count). The SMILES string of the molecule is O=C1CN(c2ccccn2)CCN1c1ccc(F)cc1. The Morgan fingerprint density at radius 3 is 2.50 bits per heavy atom. The molecule has 0 aliphatic carbocycles. The molecule has 1 aliphatic rings. The second kappa shape index (κ2) is 5.28. The molecule has 20 heavy (non-hydrogen) atoms. The van der Waals surface area contributed by atoms with Gasteiger partial charge < -0.3 is 9.80 Å². The first kappa shape index (κ1) is 12.6. The van der Waals surface area contributed by atoms with Gasteiger partial charge in [0.1, 0.15) is 11.6 Å². The first-order valence-corrected chi connectivity index (χ1v) is 6.46. The molecule has 1 fully saturated rings. The monoisotopic (exact) mass is 271 g/mol. The number of amides is 1. The summed E-state index contributed by atoms with van der Waals surface area (Å²) in [5.74, 6) is 0.501. The molecule has 5 heteroatoms. The average Bonchev–Trinajstić information content (AvgIpc) is 2.49. The molecule has 2 aromatic rings. The highest BCUT2D eigenvalue weighted by Gasteiger charge is 2.25. The van der Waals surface area contributed by atoms with Gasteiger partial charge in [0, 0.05) is 25.0 Å². The van der Waals surface area contributed by atoms with Gasteiger partial charge >= 0.3 is 0 Å². The molecular weight excluding hydrogens is 257 g/mol. The molecule has 1 aliphatic heterocycles. The summed E-state index contributed by atoms with van der Waals surface area (Å²) < 4.78 is 12.9. The van der Waals surface area contributed by atoms with E-state index in [1.807, 2.05) is 23.1 Å². The van der Waals surface area contributed by atoms with Gasteiger partial charge in [-0.2, -0.15) is 0 Å². The topological polar surface area (TPSA) is 36.4 Å². The number of benzene rings is 1. The Bertz CT molecular complexity index is 600. The average molecular weight is 271 g/mol. The van der Waals surface area contributed by atoms with E-state index in [0.29, 0.717) is 13.1 Å². The van der Waals surface area contributed by atoms with Gasteiger partial charge in [0.15, 0.2) is 0 Å². The number of hydrogen-bond donors (Lipinski definition) is 0. The number of halogens is 1. The van der Waals surface area contributed by atoms with Crippen molar-refractivity contribution in [2.45, 2.75) is 0 Å². The van der Waals surface area contributed by atoms with Crippen molar-refractivity contribution in [3.05, 3.63) is 54.5 Å². The number of hydrogen-bond acceptors (Lipinski definition) is 3. The van der Waals surface area contributed by atoms with Gasteiger partial charge in [-0.3, -0.25) is 4.79 Å². The van der Waals surface area contributed by atoms with Crippen LogP contribution >= 0.6 is 0 Å². The molecule has 0 spiro atoms. The lowest BCUT2D eigenvalue weighted by Gasteiger charge is -2.34. The molecule has 1 aromatic heterocycles. The van der Waals surface area contributed by atoms with E-state index in [1.165, 1.54) is 12.1 Å². The van der Waals surface area contributed by atoms with Crippen LogP contribution in [0.15, 0.2) is 48.7 Å². The molecule has 2 heterocycles. The Kier molecular flexibility index (Phi) is 3.33. The molecule has 0 N–H and O–H groups in total. The molecule has 0 saturated carbocycles. The minimum Gasteiger partial charge on any atom is -0.345 e. The lowest BCUT2D eigenvalue weighted by molar-refractivity contribution is -0.117. The van der Waals surface area contributed by atoms with Crippen LogP contribution in [0.3, 0.4) is 0 Å². The zero-order valence-corrected chi connectivity index (χ0v) is 10.9. The van der Waals surface area contributed by atoms with Crippen molar-refractivity contribution < 1.29 is 9.18 Å². The summed E-state index contributed by atoms with van der Waals surface area (Å²) in [6.07, 6.45) is 1.71. The zero-order chi connectivity index (χ0) is 13.9. The van der Waals surface area contributed by atoms with Crippen molar-refractivity contribution in [1.82, 2.24) is 4.98 Å². The number of aromatic nitrogens is 1. The quantitative estimate of drug-likeness (QED) is 0.839. The molecule has 102 valence electrons. The molecule has 0 bridgehead atoms. The molecule has 1 aromatic carbocycles. The predicted molar refractivity (Wildman–Crippen MR) is 75.2 cm³/mol. The van der Waals surface area contributed by atoms with Crippen molar-refractivity contribution in [2.24, 2.45) is 0 Å². The molecule has 1 saturated heterocycles. The van der Waals surface area contributed by atoms with Crippen LogP contribution < -0.4 is 9.80 Å². The van der Waals surface area contributed by atoms with E-state index in [9.17, 15) is 9.18 Å². The summed E-state index contributed by atoms with van der Waals surface area (Å²) in [7, 11) is 0. The number of anilines is 2. The van der Waals surface area contributed by atoms with Crippen LogP contribution in [-0.4, -0.2) is 30.5 Å². The number of piperazine rings is 1. The van der Waals surface area contributed by atoms with Crippen LogP contribution in [0.4, 0.5) is 15.9 Å². The number of nitrogens with zero attached hydrogens (tertiary/aromatic N) is 3. The van der Waals surface area contributed by atoms with E-state index in [1.54, 1.807) is 23.2 Å². The van der Waals surface area contributed by atoms with Crippen LogP contribution in [0, 0.1) is 5.82 Å². The van der Waals surface area contributed by atoms with Gasteiger partial charge in [-0.1, -0.05) is 6.07 Å². The van der Waals surface area contributed by atoms with Crippen molar-refractivity contribution in [3.63, 3.8) is 0 Å². The van der Waals surface area contributed by atoms with Gasteiger partial charge in [-0.05, 0) is 36.4 Å². The number of pyridine rings is 1. The fourth-order valence-electron chi connectivity index (χ4n) is 2.30. The molecular formula is C15H14FN3O. The maximum Gasteiger partial charge on any atom is 0.246 e. The van der Waals surface area contributed by atoms with E-state index in [0.717, 1.165) is 11.5 Å². The Morgan fingerprint density at radius 1 is 1.05 bits per heavy atom. The summed E-state index contributed by atoms with van der Waals surface area (Å²) in [5.41, 5.74) is 0.733. The number of carbonyl (C=O) groups excluding carboxylic acids is 1. The lowest BCUT2D eigenvalue weighted by atomic mass is 10.2. The Balaban J connectivity index is 1.74. The van der Waals surface area contributed by atoms with Gasteiger partial charge in [-0.15, -0.1) is 0 Å². The normalized spacial score (nSPS) is 15.6. The summed E-state index contributed by atoms with van der Waals surface area (Å²) in [4.78, 5) is 20.1. The largest absolute Gasteiger partial charge is 0.345 e. The van der Waals surface area contributed by atoms with E-state index >= 15 is 0 Å². The lowest BCUT2D eigenvalue weighted by Crippen LogP contribution is -2.50. The summed E-state index contributed by atoms with van der Waals surface area (Å²) in [6, 6.07) is 11.6. The van der Waals surface area contributed by atoms with Crippen molar-refractivity contribution >= 4 is 17.4 Å². The standard InChI is InChI=1S/C15H14FN3O/c16-12-4-6-13(7-5-12)19-10-9-18(11-15(19)20)14-3-1-2-8-17-14/h1-8H,9-11H2. The Morgan fingerprint density at radius 2 is 1.85 bits per heavy atom. The Labute approximate surface area is 116 Å². The molecule has 0 atom stereocenters. The van der Waals surface area contributed by atoms with Crippen LogP contribution in [0.25, 0.3) is 0 Å². The minimum absolute atomic E-state index is 0.00601. The highest BCUT2D eigenvalue weighted by Crippen LogP contribution is 2.20. The third-order valence-electron chi connectivity index (χ3n) is 3.33. The first-order valence-electron chi connectivity index (χ1n) is 6.46. The highest BCUT2D eigenvalue weighted by molar-refractivity contribution is 5.97. The second-order valence-electron chi connectivity index (χ2n) is 4.63. The third-order valence-corrected chi connectivity index (χ3v) is 3.33. The van der Waals surface area contributed by atoms with Gasteiger partial charge in [0.25, 0.3) is 0 Å². The van der Waals surface area contributed by atoms with Crippen molar-refractivity contribution in [1.29, 1.82) is 0 Å². The van der Waals surface area contributed by atoms with Crippen LogP contribution in [0.5, 0.6) is 0 Å². The summed E-state index contributed by atoms with van der Waals surface area (Å²) >= 11 is 0. The summed E-state index contributed by atoms with van der Waals surface area (Å²) in [5, 5.41) is 0. The molecule has 0 unspecified atom stereocenters. The number of carbonyl (C=O) groups is 1. The van der Waals surface area contributed by atoms with Gasteiger partial charge in [0.05, 0.1) is 6.54 Å². The fraction of sp³-hybridized carbons (Fsp3) is 0.200. The maximum absolute atomic E-state index is 12.9. The second-order valence-corrected chi connectivity index (χ2v) is 4.63. The van der Waals surface area contributed by atoms with Crippen molar-refractivity contribution in [2.75, 3.05) is 29.4 Å². The van der Waals surface area contributed by atoms with Crippen LogP contribution in [0.1, 0.15) is 0 Å². The number of rotatable bonds is 2. The fourth-order valence-corrected chi connectivity index (χ4v) is 2.30. The first-order chi connectivity index (χ1) is 9.74. The van der Waals surface area contributed by atoms with Gasteiger partial charge in [-0.25, -0.2) is 9.37 Å². The zero-order valence-electron chi connectivity index (χ0n) is 10.9.